The van der Waals surface area contributed by atoms with Crippen molar-refractivity contribution in [2.75, 3.05) is 18.9 Å². The van der Waals surface area contributed by atoms with E-state index in [0.29, 0.717) is 12.6 Å². The fourth-order valence-electron chi connectivity index (χ4n) is 1.67. The van der Waals surface area contributed by atoms with Gasteiger partial charge in [-0.3, -0.25) is 0 Å². The molecule has 4 heteroatoms. The van der Waals surface area contributed by atoms with Crippen LogP contribution in [0, 0.1) is 0 Å². The van der Waals surface area contributed by atoms with Crippen molar-refractivity contribution < 1.29 is 4.79 Å². The number of hydrogen-bond donors (Lipinski definition) is 2. The van der Waals surface area contributed by atoms with Crippen molar-refractivity contribution in [3.05, 3.63) is 29.8 Å². The SMILES string of the molecule is CCN(C)C(=O)Nc1cccc(CNC2CC2)c1. The van der Waals surface area contributed by atoms with Crippen molar-refractivity contribution in [3.63, 3.8) is 0 Å². The van der Waals surface area contributed by atoms with Crippen molar-refractivity contribution in [2.45, 2.75) is 32.4 Å². The summed E-state index contributed by atoms with van der Waals surface area (Å²) in [4.78, 5) is 13.4. The molecule has 0 aliphatic heterocycles. The molecular formula is C14H21N3O. The first-order chi connectivity index (χ1) is 8.69. The normalized spacial score (nSPS) is 14.3. The Morgan fingerprint density at radius 2 is 2.22 bits per heavy atom. The van der Waals surface area contributed by atoms with Crippen LogP contribution in [0.4, 0.5) is 10.5 Å². The highest BCUT2D eigenvalue weighted by molar-refractivity contribution is 5.89. The van der Waals surface area contributed by atoms with Gasteiger partial charge >= 0.3 is 6.03 Å². The van der Waals surface area contributed by atoms with Crippen molar-refractivity contribution in [1.29, 1.82) is 0 Å². The second kappa shape index (κ2) is 5.87. The number of amides is 2. The van der Waals surface area contributed by atoms with Gasteiger partial charge in [-0.1, -0.05) is 12.1 Å². The molecule has 0 atom stereocenters. The van der Waals surface area contributed by atoms with Gasteiger partial charge in [-0.2, -0.15) is 0 Å². The largest absolute Gasteiger partial charge is 0.328 e. The Bertz CT molecular complexity index is 415. The fraction of sp³-hybridized carbons (Fsp3) is 0.500. The molecule has 0 bridgehead atoms. The minimum atomic E-state index is -0.0650. The van der Waals surface area contributed by atoms with Crippen molar-refractivity contribution in [1.82, 2.24) is 10.2 Å². The zero-order valence-electron chi connectivity index (χ0n) is 11.1. The van der Waals surface area contributed by atoms with Gasteiger partial charge in [0.15, 0.2) is 0 Å². The first-order valence-corrected chi connectivity index (χ1v) is 6.53. The summed E-state index contributed by atoms with van der Waals surface area (Å²) in [5.74, 6) is 0. The second-order valence-corrected chi connectivity index (χ2v) is 4.80. The Morgan fingerprint density at radius 1 is 1.44 bits per heavy atom. The highest BCUT2D eigenvalue weighted by Gasteiger charge is 2.19. The number of hydrogen-bond acceptors (Lipinski definition) is 2. The second-order valence-electron chi connectivity index (χ2n) is 4.80. The Hall–Kier alpha value is -1.55. The molecule has 1 aromatic rings. The molecule has 0 radical (unpaired) electrons. The van der Waals surface area contributed by atoms with Crippen LogP contribution in [-0.2, 0) is 6.54 Å². The van der Waals surface area contributed by atoms with Crippen LogP contribution in [0.3, 0.4) is 0 Å². The molecule has 1 aliphatic carbocycles. The van der Waals surface area contributed by atoms with Gasteiger partial charge in [-0.25, -0.2) is 4.79 Å². The minimum Gasteiger partial charge on any atom is -0.328 e. The van der Waals surface area contributed by atoms with Crippen LogP contribution in [0.2, 0.25) is 0 Å². The summed E-state index contributed by atoms with van der Waals surface area (Å²) in [5, 5.41) is 6.36. The summed E-state index contributed by atoms with van der Waals surface area (Å²) >= 11 is 0. The van der Waals surface area contributed by atoms with E-state index in [1.807, 2.05) is 25.1 Å². The van der Waals surface area contributed by atoms with Gasteiger partial charge in [0.1, 0.15) is 0 Å². The lowest BCUT2D eigenvalue weighted by Gasteiger charge is -2.16. The predicted octanol–water partition coefficient (Wildman–Crippen LogP) is 2.42. The summed E-state index contributed by atoms with van der Waals surface area (Å²) in [6.45, 7) is 3.53. The predicted molar refractivity (Wildman–Crippen MR) is 73.6 cm³/mol. The van der Waals surface area contributed by atoms with Crippen LogP contribution in [-0.4, -0.2) is 30.6 Å². The number of carbonyl (C=O) groups is 1. The standard InChI is InChI=1S/C14H21N3O/c1-3-17(2)14(18)16-13-6-4-5-11(9-13)10-15-12-7-8-12/h4-6,9,12,15H,3,7-8,10H2,1-2H3,(H,16,18). The molecule has 1 fully saturated rings. The van der Waals surface area contributed by atoms with E-state index in [0.717, 1.165) is 12.2 Å². The summed E-state index contributed by atoms with van der Waals surface area (Å²) in [7, 11) is 1.79. The van der Waals surface area contributed by atoms with E-state index in [1.54, 1.807) is 11.9 Å². The van der Waals surface area contributed by atoms with Crippen molar-refractivity contribution in [2.24, 2.45) is 0 Å². The van der Waals surface area contributed by atoms with E-state index < -0.39 is 0 Å². The monoisotopic (exact) mass is 247 g/mol. The van der Waals surface area contributed by atoms with E-state index >= 15 is 0 Å². The average molecular weight is 247 g/mol. The Kier molecular flexibility index (Phi) is 4.20. The molecule has 18 heavy (non-hydrogen) atoms. The van der Waals surface area contributed by atoms with Gasteiger partial charge in [0, 0.05) is 31.9 Å². The van der Waals surface area contributed by atoms with Gasteiger partial charge in [0.05, 0.1) is 0 Å². The summed E-state index contributed by atoms with van der Waals surface area (Å²) in [6.07, 6.45) is 2.58. The topological polar surface area (TPSA) is 44.4 Å². The minimum absolute atomic E-state index is 0.0650. The molecule has 98 valence electrons. The van der Waals surface area contributed by atoms with Gasteiger partial charge < -0.3 is 15.5 Å². The molecule has 0 spiro atoms. The quantitative estimate of drug-likeness (QED) is 0.839. The van der Waals surface area contributed by atoms with Crippen LogP contribution < -0.4 is 10.6 Å². The third-order valence-electron chi connectivity index (χ3n) is 3.17. The first-order valence-electron chi connectivity index (χ1n) is 6.53. The van der Waals surface area contributed by atoms with Crippen molar-refractivity contribution >= 4 is 11.7 Å². The Labute approximate surface area is 108 Å². The molecule has 0 aromatic heterocycles. The molecule has 2 rings (SSSR count). The number of nitrogens with one attached hydrogen (secondary N) is 2. The third-order valence-corrected chi connectivity index (χ3v) is 3.17. The van der Waals surface area contributed by atoms with Gasteiger partial charge in [-0.15, -0.1) is 0 Å². The van der Waals surface area contributed by atoms with E-state index in [-0.39, 0.29) is 6.03 Å². The molecule has 0 saturated heterocycles. The fourth-order valence-corrected chi connectivity index (χ4v) is 1.67. The molecule has 4 nitrogen and oxygen atoms in total. The smallest absolute Gasteiger partial charge is 0.321 e. The van der Waals surface area contributed by atoms with E-state index in [9.17, 15) is 4.79 Å². The maximum absolute atomic E-state index is 11.7. The van der Waals surface area contributed by atoms with E-state index in [1.165, 1.54) is 18.4 Å². The Balaban J connectivity index is 1.91. The summed E-state index contributed by atoms with van der Waals surface area (Å²) < 4.78 is 0. The highest BCUT2D eigenvalue weighted by atomic mass is 16.2. The van der Waals surface area contributed by atoms with E-state index in [4.69, 9.17) is 0 Å². The lowest BCUT2D eigenvalue weighted by molar-refractivity contribution is 0.224. The van der Waals surface area contributed by atoms with Crippen LogP contribution in [0.15, 0.2) is 24.3 Å². The van der Waals surface area contributed by atoms with Crippen LogP contribution in [0.25, 0.3) is 0 Å². The molecule has 0 unspecified atom stereocenters. The zero-order valence-corrected chi connectivity index (χ0v) is 11.1. The highest BCUT2D eigenvalue weighted by Crippen LogP contribution is 2.20. The van der Waals surface area contributed by atoms with Gasteiger partial charge in [-0.05, 0) is 37.5 Å². The number of carbonyl (C=O) groups excluding carboxylic acids is 1. The van der Waals surface area contributed by atoms with Gasteiger partial charge in [0.25, 0.3) is 0 Å². The number of anilines is 1. The molecule has 2 N–H and O–H groups in total. The zero-order chi connectivity index (χ0) is 13.0. The van der Waals surface area contributed by atoms with Crippen LogP contribution in [0.1, 0.15) is 25.3 Å². The lowest BCUT2D eigenvalue weighted by Crippen LogP contribution is -2.30. The third kappa shape index (κ3) is 3.74. The molecule has 2 amide bonds. The summed E-state index contributed by atoms with van der Waals surface area (Å²) in [6, 6.07) is 8.64. The molecule has 1 saturated carbocycles. The van der Waals surface area contributed by atoms with E-state index in [2.05, 4.69) is 16.7 Å². The number of urea groups is 1. The molecule has 1 aliphatic rings. The molecule has 1 aromatic carbocycles. The average Bonchev–Trinajstić information content (AvgIpc) is 3.20. The molecule has 0 heterocycles. The first kappa shape index (κ1) is 12.9. The lowest BCUT2D eigenvalue weighted by atomic mass is 10.2. The van der Waals surface area contributed by atoms with Crippen LogP contribution in [0.5, 0.6) is 0 Å². The molecular weight excluding hydrogens is 226 g/mol. The van der Waals surface area contributed by atoms with Crippen LogP contribution >= 0.6 is 0 Å². The maximum Gasteiger partial charge on any atom is 0.321 e. The maximum atomic E-state index is 11.7. The summed E-state index contributed by atoms with van der Waals surface area (Å²) in [5.41, 5.74) is 2.06. The number of rotatable bonds is 5. The van der Waals surface area contributed by atoms with Gasteiger partial charge in [0.2, 0.25) is 0 Å². The number of benzene rings is 1. The Morgan fingerprint density at radius 3 is 2.89 bits per heavy atom. The van der Waals surface area contributed by atoms with Crippen molar-refractivity contribution in [3.8, 4) is 0 Å². The number of nitrogens with zero attached hydrogens (tertiary/aromatic N) is 1.